The molecule has 0 saturated carbocycles. The van der Waals surface area contributed by atoms with E-state index in [9.17, 15) is 9.90 Å². The molecule has 7 nitrogen and oxygen atoms in total. The van der Waals surface area contributed by atoms with Gasteiger partial charge in [-0.1, -0.05) is 55.3 Å². The zero-order chi connectivity index (χ0) is 28.4. The average Bonchev–Trinajstić information content (AvgIpc) is 3.47. The maximum absolute atomic E-state index is 13.9. The predicted octanol–water partition coefficient (Wildman–Crippen LogP) is 7.38. The highest BCUT2D eigenvalue weighted by Gasteiger charge is 2.43. The first kappa shape index (κ1) is 27.6. The minimum absolute atomic E-state index is 0.144. The molecule has 2 heterocycles. The minimum atomic E-state index is -0.503. The van der Waals surface area contributed by atoms with Gasteiger partial charge in [0.25, 0.3) is 5.91 Å². The number of aryl methyl sites for hydroxylation is 2. The highest BCUT2D eigenvalue weighted by atomic mass is 35.5. The van der Waals surface area contributed by atoms with Gasteiger partial charge in [-0.2, -0.15) is 5.10 Å². The summed E-state index contributed by atoms with van der Waals surface area (Å²) < 4.78 is 12.0. The molecule has 1 amide bonds. The third-order valence-corrected chi connectivity index (χ3v) is 7.57. The number of phenolic OH excluding ortho intramolecular Hbond substituents is 1. The van der Waals surface area contributed by atoms with E-state index in [0.29, 0.717) is 58.8 Å². The van der Waals surface area contributed by atoms with E-state index in [1.165, 1.54) is 0 Å². The van der Waals surface area contributed by atoms with Crippen LogP contribution in [0.25, 0.3) is 11.3 Å². The largest absolute Gasteiger partial charge is 0.507 e. The fourth-order valence-corrected chi connectivity index (χ4v) is 5.47. The van der Waals surface area contributed by atoms with Crippen molar-refractivity contribution in [1.29, 1.82) is 0 Å². The zero-order valence-corrected chi connectivity index (χ0v) is 24.0. The summed E-state index contributed by atoms with van der Waals surface area (Å²) in [6, 6.07) is 16.6. The molecule has 0 saturated heterocycles. The highest BCUT2D eigenvalue weighted by Crippen LogP contribution is 2.47. The minimum Gasteiger partial charge on any atom is -0.507 e. The quantitative estimate of drug-likeness (QED) is 0.198. The lowest BCUT2D eigenvalue weighted by Gasteiger charge is -2.27. The Morgan fingerprint density at radius 1 is 1.05 bits per heavy atom. The molecule has 5 rings (SSSR count). The molecule has 1 aliphatic heterocycles. The van der Waals surface area contributed by atoms with Crippen LogP contribution in [0.4, 0.5) is 0 Å². The van der Waals surface area contributed by atoms with Crippen molar-refractivity contribution in [2.24, 2.45) is 0 Å². The number of halogens is 1. The number of nitrogens with zero attached hydrogens (tertiary/aromatic N) is 2. The van der Waals surface area contributed by atoms with Gasteiger partial charge in [-0.25, -0.2) is 0 Å². The highest BCUT2D eigenvalue weighted by molar-refractivity contribution is 6.31. The maximum atomic E-state index is 13.9. The third-order valence-electron chi connectivity index (χ3n) is 7.20. The molecule has 0 fully saturated rings. The lowest BCUT2D eigenvalue weighted by molar-refractivity contribution is 0.0730. The summed E-state index contributed by atoms with van der Waals surface area (Å²) in [5, 5.41) is 19.1. The monoisotopic (exact) mass is 559 g/mol. The number of benzene rings is 3. The number of hydrogen-bond donors (Lipinski definition) is 2. The molecule has 40 heavy (non-hydrogen) atoms. The number of aromatic amines is 1. The lowest BCUT2D eigenvalue weighted by Crippen LogP contribution is -2.29. The van der Waals surface area contributed by atoms with Crippen LogP contribution >= 0.6 is 11.6 Å². The van der Waals surface area contributed by atoms with Crippen LogP contribution in [0.5, 0.6) is 17.2 Å². The number of aromatic hydroxyl groups is 1. The summed E-state index contributed by atoms with van der Waals surface area (Å²) in [6.45, 7) is 9.24. The summed E-state index contributed by atoms with van der Waals surface area (Å²) in [7, 11) is 0. The molecule has 1 atom stereocenters. The van der Waals surface area contributed by atoms with Gasteiger partial charge in [0, 0.05) is 22.7 Å². The van der Waals surface area contributed by atoms with Gasteiger partial charge in [-0.05, 0) is 73.7 Å². The van der Waals surface area contributed by atoms with Crippen molar-refractivity contribution >= 4 is 17.5 Å². The van der Waals surface area contributed by atoms with Crippen LogP contribution in [0.1, 0.15) is 71.0 Å². The first-order chi connectivity index (χ1) is 19.3. The first-order valence-electron chi connectivity index (χ1n) is 13.7. The van der Waals surface area contributed by atoms with Gasteiger partial charge in [0.05, 0.1) is 19.3 Å². The fraction of sp³-hybridized carbons (Fsp3) is 0.312. The Morgan fingerprint density at radius 3 is 2.60 bits per heavy atom. The molecule has 2 N–H and O–H groups in total. The zero-order valence-electron chi connectivity index (χ0n) is 23.3. The molecule has 1 aromatic heterocycles. The summed E-state index contributed by atoms with van der Waals surface area (Å²) in [6.07, 6.45) is 1.97. The topological polar surface area (TPSA) is 87.7 Å². The number of H-pyrrole nitrogens is 1. The van der Waals surface area contributed by atoms with Crippen LogP contribution < -0.4 is 9.47 Å². The number of rotatable bonds is 10. The van der Waals surface area contributed by atoms with Crippen molar-refractivity contribution < 1.29 is 19.4 Å². The second-order valence-electron chi connectivity index (χ2n) is 10.1. The summed E-state index contributed by atoms with van der Waals surface area (Å²) in [4.78, 5) is 15.7. The molecular formula is C32H34ClN3O4. The molecule has 8 heteroatoms. The Labute approximate surface area is 239 Å². The average molecular weight is 560 g/mol. The van der Waals surface area contributed by atoms with Crippen LogP contribution in [0.2, 0.25) is 5.02 Å². The number of ether oxygens (including phenoxy) is 2. The Hall–Kier alpha value is -3.97. The fourth-order valence-electron chi connectivity index (χ4n) is 5.27. The number of carbonyl (C=O) groups excluding carboxylic acids is 1. The summed E-state index contributed by atoms with van der Waals surface area (Å²) in [5.41, 5.74) is 5.64. The van der Waals surface area contributed by atoms with E-state index in [1.54, 1.807) is 4.90 Å². The maximum Gasteiger partial charge on any atom is 0.273 e. The molecule has 208 valence electrons. The Bertz CT molecular complexity index is 1550. The van der Waals surface area contributed by atoms with Crippen LogP contribution in [-0.2, 0) is 6.54 Å². The van der Waals surface area contributed by atoms with Crippen LogP contribution in [0.3, 0.4) is 0 Å². The van der Waals surface area contributed by atoms with E-state index in [2.05, 4.69) is 17.1 Å². The summed E-state index contributed by atoms with van der Waals surface area (Å²) in [5.74, 6) is 1.24. The third kappa shape index (κ3) is 5.13. The van der Waals surface area contributed by atoms with Crippen LogP contribution in [0, 0.1) is 13.8 Å². The molecule has 0 aliphatic carbocycles. The van der Waals surface area contributed by atoms with Crippen molar-refractivity contribution in [1.82, 2.24) is 15.1 Å². The van der Waals surface area contributed by atoms with Gasteiger partial charge in [0.2, 0.25) is 0 Å². The number of hydrogen-bond acceptors (Lipinski definition) is 5. The molecule has 4 aromatic rings. The molecule has 1 aliphatic rings. The Balaban J connectivity index is 1.66. The molecule has 0 bridgehead atoms. The van der Waals surface area contributed by atoms with E-state index >= 15 is 0 Å². The van der Waals surface area contributed by atoms with E-state index < -0.39 is 6.04 Å². The van der Waals surface area contributed by atoms with E-state index in [1.807, 2.05) is 75.4 Å². The summed E-state index contributed by atoms with van der Waals surface area (Å²) >= 11 is 6.53. The SMILES string of the molecule is CCCCOc1ccc(C2c3c(-c4cc(C)cc(C)c4O)n[nH]c3C(=O)N2Cc2ccccc2Cl)cc1OCC. The number of fused-ring (bicyclic) bond motifs is 1. The van der Waals surface area contributed by atoms with E-state index in [4.69, 9.17) is 21.1 Å². The first-order valence-corrected chi connectivity index (χ1v) is 14.0. The number of aromatic nitrogens is 2. The Kier molecular flexibility index (Phi) is 8.03. The normalized spacial score (nSPS) is 14.5. The van der Waals surface area contributed by atoms with Crippen molar-refractivity contribution in [2.75, 3.05) is 13.2 Å². The van der Waals surface area contributed by atoms with Crippen molar-refractivity contribution in [3.05, 3.63) is 93.1 Å². The van der Waals surface area contributed by atoms with Gasteiger partial charge < -0.3 is 19.5 Å². The second kappa shape index (κ2) is 11.6. The van der Waals surface area contributed by atoms with Crippen LogP contribution in [-0.4, -0.2) is 39.3 Å². The molecule has 1 unspecified atom stereocenters. The molecule has 0 spiro atoms. The van der Waals surface area contributed by atoms with E-state index in [0.717, 1.165) is 35.1 Å². The van der Waals surface area contributed by atoms with Gasteiger partial charge in [-0.3, -0.25) is 9.89 Å². The van der Waals surface area contributed by atoms with Gasteiger partial charge in [0.15, 0.2) is 11.5 Å². The number of amides is 1. The van der Waals surface area contributed by atoms with Crippen molar-refractivity contribution in [3.63, 3.8) is 0 Å². The number of carbonyl (C=O) groups is 1. The van der Waals surface area contributed by atoms with Crippen molar-refractivity contribution in [3.8, 4) is 28.5 Å². The number of nitrogens with one attached hydrogen (secondary N) is 1. The van der Waals surface area contributed by atoms with Gasteiger partial charge >= 0.3 is 0 Å². The smallest absolute Gasteiger partial charge is 0.273 e. The second-order valence-corrected chi connectivity index (χ2v) is 10.5. The number of phenols is 1. The van der Waals surface area contributed by atoms with Crippen molar-refractivity contribution in [2.45, 2.75) is 53.1 Å². The van der Waals surface area contributed by atoms with Gasteiger partial charge in [0.1, 0.15) is 17.1 Å². The molecule has 0 radical (unpaired) electrons. The lowest BCUT2D eigenvalue weighted by atomic mass is 9.93. The van der Waals surface area contributed by atoms with Crippen LogP contribution in [0.15, 0.2) is 54.6 Å². The predicted molar refractivity (Wildman–Crippen MR) is 156 cm³/mol. The molecular weight excluding hydrogens is 526 g/mol. The Morgan fingerprint density at radius 2 is 1.85 bits per heavy atom. The molecule has 3 aromatic carbocycles. The standard InChI is InChI=1S/C32H34ClN3O4/c1-5-7-14-40-25-13-12-21(17-26(25)39-6-2)30-27-28(23-16-19(3)15-20(4)31(23)37)34-35-29(27)32(38)36(30)18-22-10-8-9-11-24(22)33/h8-13,15-17,30,37H,5-7,14,18H2,1-4H3,(H,34,35). The van der Waals surface area contributed by atoms with E-state index in [-0.39, 0.29) is 11.7 Å². The number of unbranched alkanes of at least 4 members (excludes halogenated alkanes) is 1. The van der Waals surface area contributed by atoms with Gasteiger partial charge in [-0.15, -0.1) is 0 Å².